The number of cyclic esters (lactones) is 1. The summed E-state index contributed by atoms with van der Waals surface area (Å²) in [6.07, 6.45) is 4.76. The fourth-order valence-corrected chi connectivity index (χ4v) is 3.15. The van der Waals surface area contributed by atoms with E-state index in [-0.39, 0.29) is 17.9 Å². The molecule has 116 valence electrons. The van der Waals surface area contributed by atoms with Crippen LogP contribution in [0.25, 0.3) is 0 Å². The van der Waals surface area contributed by atoms with Crippen LogP contribution in [0, 0.1) is 5.92 Å². The van der Waals surface area contributed by atoms with Gasteiger partial charge < -0.3 is 4.74 Å². The van der Waals surface area contributed by atoms with Crippen LogP contribution in [0.3, 0.4) is 0 Å². The number of imide groups is 1. The predicted molar refractivity (Wildman–Crippen MR) is 83.2 cm³/mol. The molecular weight excluding hydrogens is 278 g/mol. The molecule has 1 aromatic rings. The molecule has 0 aromatic heterocycles. The number of nitrogens with zero attached hydrogens (tertiary/aromatic N) is 1. The van der Waals surface area contributed by atoms with Crippen LogP contribution in [0.15, 0.2) is 42.0 Å². The molecule has 1 aliphatic heterocycles. The molecule has 1 aliphatic carbocycles. The Morgan fingerprint density at radius 3 is 2.77 bits per heavy atom. The van der Waals surface area contributed by atoms with E-state index in [1.54, 1.807) is 0 Å². The monoisotopic (exact) mass is 299 g/mol. The lowest BCUT2D eigenvalue weighted by Crippen LogP contribution is -2.43. The second-order valence-electron chi connectivity index (χ2n) is 6.15. The van der Waals surface area contributed by atoms with Gasteiger partial charge in [0.15, 0.2) is 0 Å². The van der Waals surface area contributed by atoms with Gasteiger partial charge in [-0.3, -0.25) is 4.79 Å². The Kier molecular flexibility index (Phi) is 4.27. The Balaban J connectivity index is 1.72. The van der Waals surface area contributed by atoms with E-state index in [9.17, 15) is 9.59 Å². The van der Waals surface area contributed by atoms with E-state index in [2.05, 4.69) is 13.0 Å². The predicted octanol–water partition coefficient (Wildman–Crippen LogP) is 3.32. The summed E-state index contributed by atoms with van der Waals surface area (Å²) < 4.78 is 5.13. The summed E-state index contributed by atoms with van der Waals surface area (Å²) in [6, 6.07) is 9.73. The third kappa shape index (κ3) is 3.06. The number of benzene rings is 1. The topological polar surface area (TPSA) is 46.6 Å². The van der Waals surface area contributed by atoms with Crippen molar-refractivity contribution in [2.45, 2.75) is 38.6 Å². The standard InChI is InChI=1S/C18H21NO3/c1-13-7-9-15(10-8-13)17(20)19-16(12-22-18(19)21)11-14-5-3-2-4-6-14/h2-7,15-16H,8-12H2,1H3/t15-,16-/m0/s1. The van der Waals surface area contributed by atoms with E-state index < -0.39 is 6.09 Å². The average Bonchev–Trinajstić information content (AvgIpc) is 2.89. The summed E-state index contributed by atoms with van der Waals surface area (Å²) in [5.41, 5.74) is 2.44. The van der Waals surface area contributed by atoms with Gasteiger partial charge in [0.2, 0.25) is 5.91 Å². The minimum Gasteiger partial charge on any atom is -0.447 e. The molecule has 4 heteroatoms. The van der Waals surface area contributed by atoms with Gasteiger partial charge in [0, 0.05) is 5.92 Å². The summed E-state index contributed by atoms with van der Waals surface area (Å²) in [4.78, 5) is 26.1. The molecule has 1 saturated heterocycles. The quantitative estimate of drug-likeness (QED) is 0.804. The molecule has 2 amide bonds. The van der Waals surface area contributed by atoms with Gasteiger partial charge in [0.25, 0.3) is 0 Å². The number of hydrogen-bond acceptors (Lipinski definition) is 3. The molecule has 1 heterocycles. The summed E-state index contributed by atoms with van der Waals surface area (Å²) >= 11 is 0. The maximum Gasteiger partial charge on any atom is 0.416 e. The molecule has 0 spiro atoms. The van der Waals surface area contributed by atoms with Crippen molar-refractivity contribution < 1.29 is 14.3 Å². The van der Waals surface area contributed by atoms with Crippen LogP contribution in [0.4, 0.5) is 4.79 Å². The molecule has 22 heavy (non-hydrogen) atoms. The van der Waals surface area contributed by atoms with Crippen molar-refractivity contribution in [2.75, 3.05) is 6.61 Å². The number of hydrogen-bond donors (Lipinski definition) is 0. The number of carbonyl (C=O) groups is 2. The molecule has 0 radical (unpaired) electrons. The minimum atomic E-state index is -0.489. The first kappa shape index (κ1) is 14.8. The van der Waals surface area contributed by atoms with Crippen LogP contribution in [0.1, 0.15) is 31.7 Å². The molecule has 2 atom stereocenters. The van der Waals surface area contributed by atoms with Crippen molar-refractivity contribution in [1.82, 2.24) is 4.90 Å². The van der Waals surface area contributed by atoms with Crippen molar-refractivity contribution in [1.29, 1.82) is 0 Å². The van der Waals surface area contributed by atoms with Crippen LogP contribution in [-0.2, 0) is 16.0 Å². The number of ether oxygens (including phenoxy) is 1. The summed E-state index contributed by atoms with van der Waals surface area (Å²) in [5, 5.41) is 0. The number of amides is 2. The van der Waals surface area contributed by atoms with Crippen LogP contribution < -0.4 is 0 Å². The van der Waals surface area contributed by atoms with E-state index in [4.69, 9.17) is 4.74 Å². The van der Waals surface area contributed by atoms with Crippen molar-refractivity contribution in [2.24, 2.45) is 5.92 Å². The zero-order valence-corrected chi connectivity index (χ0v) is 12.8. The molecule has 1 aromatic carbocycles. The van der Waals surface area contributed by atoms with Gasteiger partial charge in [-0.15, -0.1) is 0 Å². The highest BCUT2D eigenvalue weighted by atomic mass is 16.6. The highest BCUT2D eigenvalue weighted by Gasteiger charge is 2.40. The Labute approximate surface area is 130 Å². The first-order chi connectivity index (χ1) is 10.6. The van der Waals surface area contributed by atoms with Gasteiger partial charge in [0.1, 0.15) is 6.61 Å². The summed E-state index contributed by atoms with van der Waals surface area (Å²) in [5.74, 6) is -0.167. The second kappa shape index (κ2) is 6.34. The molecule has 4 nitrogen and oxygen atoms in total. The average molecular weight is 299 g/mol. The number of allylic oxidation sites excluding steroid dienone is 2. The lowest BCUT2D eigenvalue weighted by molar-refractivity contribution is -0.133. The largest absolute Gasteiger partial charge is 0.447 e. The molecule has 1 fully saturated rings. The third-order valence-corrected chi connectivity index (χ3v) is 4.50. The Hall–Kier alpha value is -2.10. The van der Waals surface area contributed by atoms with Crippen LogP contribution >= 0.6 is 0 Å². The highest BCUT2D eigenvalue weighted by Crippen LogP contribution is 2.28. The Morgan fingerprint density at radius 1 is 1.32 bits per heavy atom. The highest BCUT2D eigenvalue weighted by molar-refractivity contribution is 5.95. The van der Waals surface area contributed by atoms with Crippen LogP contribution in [0.5, 0.6) is 0 Å². The molecule has 2 aliphatic rings. The van der Waals surface area contributed by atoms with E-state index in [1.165, 1.54) is 10.5 Å². The minimum absolute atomic E-state index is 0.0767. The summed E-state index contributed by atoms with van der Waals surface area (Å²) in [7, 11) is 0. The van der Waals surface area contributed by atoms with Crippen molar-refractivity contribution in [3.05, 3.63) is 47.5 Å². The maximum atomic E-state index is 12.7. The van der Waals surface area contributed by atoms with Gasteiger partial charge in [0.05, 0.1) is 6.04 Å². The first-order valence-corrected chi connectivity index (χ1v) is 7.84. The molecule has 0 saturated carbocycles. The lowest BCUT2D eigenvalue weighted by atomic mass is 9.89. The van der Waals surface area contributed by atoms with E-state index >= 15 is 0 Å². The first-order valence-electron chi connectivity index (χ1n) is 7.84. The van der Waals surface area contributed by atoms with Gasteiger partial charge in [-0.25, -0.2) is 9.69 Å². The maximum absolute atomic E-state index is 12.7. The van der Waals surface area contributed by atoms with E-state index in [0.717, 1.165) is 24.8 Å². The zero-order chi connectivity index (χ0) is 15.5. The smallest absolute Gasteiger partial charge is 0.416 e. The molecular formula is C18H21NO3. The fourth-order valence-electron chi connectivity index (χ4n) is 3.15. The fraction of sp³-hybridized carbons (Fsp3) is 0.444. The van der Waals surface area contributed by atoms with Crippen molar-refractivity contribution in [3.63, 3.8) is 0 Å². The number of rotatable bonds is 3. The van der Waals surface area contributed by atoms with Gasteiger partial charge in [-0.1, -0.05) is 42.0 Å². The Bertz CT molecular complexity index is 594. The van der Waals surface area contributed by atoms with Crippen molar-refractivity contribution >= 4 is 12.0 Å². The number of carbonyl (C=O) groups excluding carboxylic acids is 2. The molecule has 0 N–H and O–H groups in total. The van der Waals surface area contributed by atoms with E-state index in [1.807, 2.05) is 30.3 Å². The Morgan fingerprint density at radius 2 is 2.09 bits per heavy atom. The SMILES string of the molecule is CC1=CC[C@H](C(=O)N2C(=O)OC[C@@H]2Cc2ccccc2)CC1. The second-order valence-corrected chi connectivity index (χ2v) is 6.15. The lowest BCUT2D eigenvalue weighted by Gasteiger charge is -2.26. The molecule has 3 rings (SSSR count). The normalized spacial score (nSPS) is 24.9. The van der Waals surface area contributed by atoms with Crippen LogP contribution in [0.2, 0.25) is 0 Å². The third-order valence-electron chi connectivity index (χ3n) is 4.50. The van der Waals surface area contributed by atoms with Crippen molar-refractivity contribution in [3.8, 4) is 0 Å². The summed E-state index contributed by atoms with van der Waals surface area (Å²) in [6.45, 7) is 2.38. The van der Waals surface area contributed by atoms with Gasteiger partial charge >= 0.3 is 6.09 Å². The van der Waals surface area contributed by atoms with E-state index in [0.29, 0.717) is 13.0 Å². The molecule has 0 bridgehead atoms. The van der Waals surface area contributed by atoms with Gasteiger partial charge in [-0.2, -0.15) is 0 Å². The zero-order valence-electron chi connectivity index (χ0n) is 12.8. The van der Waals surface area contributed by atoms with Gasteiger partial charge in [-0.05, 0) is 38.2 Å². The molecule has 0 unspecified atom stereocenters. The van der Waals surface area contributed by atoms with Crippen LogP contribution in [-0.4, -0.2) is 29.5 Å².